The molecule has 0 spiro atoms. The second-order valence-electron chi connectivity index (χ2n) is 2.64. The van der Waals surface area contributed by atoms with E-state index in [-0.39, 0.29) is 0 Å². The molecule has 2 N–H and O–H groups in total. The summed E-state index contributed by atoms with van der Waals surface area (Å²) in [7, 11) is 0. The number of nitrogens with zero attached hydrogens (tertiary/aromatic N) is 2. The molecule has 0 aliphatic rings. The van der Waals surface area contributed by atoms with Crippen LogP contribution in [-0.4, -0.2) is 8.75 Å². The van der Waals surface area contributed by atoms with Crippen molar-refractivity contribution >= 4 is 40.6 Å². The molecular formula is C8H5Cl2N3S. The third-order valence-corrected chi connectivity index (χ3v) is 2.70. The zero-order valence-electron chi connectivity index (χ0n) is 6.87. The Morgan fingerprint density at radius 3 is 2.64 bits per heavy atom. The van der Waals surface area contributed by atoms with Gasteiger partial charge in [-0.25, -0.2) is 0 Å². The number of anilines is 1. The molecule has 0 unspecified atom stereocenters. The highest BCUT2D eigenvalue weighted by molar-refractivity contribution is 6.99. The number of hydrogen-bond acceptors (Lipinski definition) is 4. The van der Waals surface area contributed by atoms with Crippen LogP contribution in [0, 0.1) is 0 Å². The maximum atomic E-state index is 6.00. The van der Waals surface area contributed by atoms with E-state index in [0.29, 0.717) is 27.0 Å². The maximum absolute atomic E-state index is 6.00. The fourth-order valence-electron chi connectivity index (χ4n) is 1.14. The number of nitrogen functional groups attached to an aromatic ring is 1. The monoisotopic (exact) mass is 245 g/mol. The van der Waals surface area contributed by atoms with Gasteiger partial charge in [-0.15, -0.1) is 0 Å². The van der Waals surface area contributed by atoms with Gasteiger partial charge < -0.3 is 5.73 Å². The molecule has 0 amide bonds. The summed E-state index contributed by atoms with van der Waals surface area (Å²) in [6.07, 6.45) is 1.62. The highest BCUT2D eigenvalue weighted by atomic mass is 35.5. The second-order valence-corrected chi connectivity index (χ2v) is 4.04. The Morgan fingerprint density at radius 1 is 1.29 bits per heavy atom. The summed E-state index contributed by atoms with van der Waals surface area (Å²) in [5.74, 6) is 0. The topological polar surface area (TPSA) is 51.8 Å². The first-order chi connectivity index (χ1) is 6.68. The van der Waals surface area contributed by atoms with Gasteiger partial charge in [0.05, 0.1) is 22.9 Å². The maximum Gasteiger partial charge on any atom is 0.108 e. The first-order valence-electron chi connectivity index (χ1n) is 3.71. The van der Waals surface area contributed by atoms with Crippen LogP contribution in [0.25, 0.3) is 11.3 Å². The predicted molar refractivity (Wildman–Crippen MR) is 59.8 cm³/mol. The van der Waals surface area contributed by atoms with Crippen molar-refractivity contribution in [2.45, 2.75) is 0 Å². The van der Waals surface area contributed by atoms with Crippen LogP contribution >= 0.6 is 34.9 Å². The molecule has 6 heteroatoms. The van der Waals surface area contributed by atoms with Crippen LogP contribution in [0.5, 0.6) is 0 Å². The quantitative estimate of drug-likeness (QED) is 0.786. The van der Waals surface area contributed by atoms with Crippen LogP contribution in [-0.2, 0) is 0 Å². The van der Waals surface area contributed by atoms with Gasteiger partial charge in [0.25, 0.3) is 0 Å². The minimum Gasteiger partial charge on any atom is -0.398 e. The lowest BCUT2D eigenvalue weighted by Gasteiger charge is -2.05. The molecule has 3 nitrogen and oxygen atoms in total. The number of aromatic nitrogens is 2. The normalized spacial score (nSPS) is 10.4. The van der Waals surface area contributed by atoms with Crippen molar-refractivity contribution < 1.29 is 0 Å². The number of halogens is 2. The lowest BCUT2D eigenvalue weighted by molar-refractivity contribution is 1.49. The Bertz CT molecular complexity index is 433. The first kappa shape index (κ1) is 9.71. The van der Waals surface area contributed by atoms with Crippen molar-refractivity contribution in [2.75, 3.05) is 5.73 Å². The van der Waals surface area contributed by atoms with Crippen LogP contribution < -0.4 is 5.73 Å². The minimum absolute atomic E-state index is 0.489. The van der Waals surface area contributed by atoms with E-state index in [2.05, 4.69) is 8.75 Å². The predicted octanol–water partition coefficient (Wildman–Crippen LogP) is 3.09. The third-order valence-electron chi connectivity index (χ3n) is 1.70. The van der Waals surface area contributed by atoms with Gasteiger partial charge in [0.2, 0.25) is 0 Å². The van der Waals surface area contributed by atoms with Crippen LogP contribution in [0.2, 0.25) is 10.0 Å². The Balaban J connectivity index is 2.64. The van der Waals surface area contributed by atoms with E-state index in [1.807, 2.05) is 0 Å². The average molecular weight is 246 g/mol. The Labute approximate surface area is 94.8 Å². The summed E-state index contributed by atoms with van der Waals surface area (Å²) in [6, 6.07) is 3.27. The van der Waals surface area contributed by atoms with E-state index in [9.17, 15) is 0 Å². The smallest absolute Gasteiger partial charge is 0.108 e. The van der Waals surface area contributed by atoms with Gasteiger partial charge in [0, 0.05) is 16.3 Å². The zero-order chi connectivity index (χ0) is 10.1. The summed E-state index contributed by atoms with van der Waals surface area (Å²) >= 11 is 12.9. The fraction of sp³-hybridized carbons (Fsp3) is 0. The molecular weight excluding hydrogens is 241 g/mol. The van der Waals surface area contributed by atoms with E-state index < -0.39 is 0 Å². The summed E-state index contributed by atoms with van der Waals surface area (Å²) in [6.45, 7) is 0. The van der Waals surface area contributed by atoms with Gasteiger partial charge in [-0.3, -0.25) is 0 Å². The van der Waals surface area contributed by atoms with Crippen LogP contribution in [0.3, 0.4) is 0 Å². The summed E-state index contributed by atoms with van der Waals surface area (Å²) in [5.41, 5.74) is 7.65. The minimum atomic E-state index is 0.489. The molecule has 0 saturated heterocycles. The van der Waals surface area contributed by atoms with Crippen molar-refractivity contribution in [3.8, 4) is 11.3 Å². The van der Waals surface area contributed by atoms with Gasteiger partial charge in [-0.05, 0) is 12.1 Å². The first-order valence-corrected chi connectivity index (χ1v) is 5.19. The van der Waals surface area contributed by atoms with Gasteiger partial charge >= 0.3 is 0 Å². The molecule has 0 aliphatic heterocycles. The van der Waals surface area contributed by atoms with Crippen molar-refractivity contribution in [1.29, 1.82) is 0 Å². The molecule has 1 aromatic carbocycles. The Kier molecular flexibility index (Phi) is 2.58. The lowest BCUT2D eigenvalue weighted by atomic mass is 10.1. The molecule has 1 heterocycles. The van der Waals surface area contributed by atoms with Gasteiger partial charge in [0.1, 0.15) is 5.69 Å². The molecule has 0 aliphatic carbocycles. The SMILES string of the molecule is Nc1cc(Cl)cc(Cl)c1-c1cnsn1. The van der Waals surface area contributed by atoms with E-state index in [0.717, 1.165) is 11.7 Å². The molecule has 0 fully saturated rings. The summed E-state index contributed by atoms with van der Waals surface area (Å²) in [4.78, 5) is 0. The molecule has 2 rings (SSSR count). The highest BCUT2D eigenvalue weighted by Crippen LogP contribution is 2.34. The molecule has 14 heavy (non-hydrogen) atoms. The molecule has 1 aromatic heterocycles. The molecule has 72 valence electrons. The van der Waals surface area contributed by atoms with Crippen molar-refractivity contribution in [3.63, 3.8) is 0 Å². The molecule has 0 radical (unpaired) electrons. The van der Waals surface area contributed by atoms with Crippen molar-refractivity contribution in [3.05, 3.63) is 28.4 Å². The highest BCUT2D eigenvalue weighted by Gasteiger charge is 2.11. The fourth-order valence-corrected chi connectivity index (χ4v) is 2.17. The third kappa shape index (κ3) is 1.68. The molecule has 0 atom stereocenters. The lowest BCUT2D eigenvalue weighted by Crippen LogP contribution is -1.91. The average Bonchev–Trinajstić information content (AvgIpc) is 2.54. The largest absolute Gasteiger partial charge is 0.398 e. The Hall–Kier alpha value is -0.840. The van der Waals surface area contributed by atoms with Crippen molar-refractivity contribution in [2.24, 2.45) is 0 Å². The summed E-state index contributed by atoms with van der Waals surface area (Å²) < 4.78 is 7.95. The number of rotatable bonds is 1. The molecule has 0 bridgehead atoms. The van der Waals surface area contributed by atoms with E-state index in [4.69, 9.17) is 28.9 Å². The van der Waals surface area contributed by atoms with Gasteiger partial charge in [-0.1, -0.05) is 23.2 Å². The second kappa shape index (κ2) is 3.73. The van der Waals surface area contributed by atoms with E-state index in [1.165, 1.54) is 0 Å². The Morgan fingerprint density at radius 2 is 2.07 bits per heavy atom. The van der Waals surface area contributed by atoms with Crippen LogP contribution in [0.4, 0.5) is 5.69 Å². The van der Waals surface area contributed by atoms with Gasteiger partial charge in [-0.2, -0.15) is 8.75 Å². The van der Waals surface area contributed by atoms with E-state index in [1.54, 1.807) is 18.3 Å². The summed E-state index contributed by atoms with van der Waals surface area (Å²) in [5, 5.41) is 1.00. The van der Waals surface area contributed by atoms with Crippen molar-refractivity contribution in [1.82, 2.24) is 8.75 Å². The standard InChI is InChI=1S/C8H5Cl2N3S/c9-4-1-5(10)8(6(11)2-4)7-3-12-14-13-7/h1-3H,11H2. The number of nitrogens with two attached hydrogens (primary N) is 1. The molecule has 0 saturated carbocycles. The van der Waals surface area contributed by atoms with Crippen LogP contribution in [0.15, 0.2) is 18.3 Å². The zero-order valence-corrected chi connectivity index (χ0v) is 9.20. The van der Waals surface area contributed by atoms with Gasteiger partial charge in [0.15, 0.2) is 0 Å². The van der Waals surface area contributed by atoms with Crippen LogP contribution in [0.1, 0.15) is 0 Å². The van der Waals surface area contributed by atoms with E-state index >= 15 is 0 Å². The number of hydrogen-bond donors (Lipinski definition) is 1. The number of benzene rings is 1. The molecule has 2 aromatic rings.